The highest BCUT2D eigenvalue weighted by Gasteiger charge is 2.32. The van der Waals surface area contributed by atoms with Crippen LogP contribution >= 0.6 is 0 Å². The Bertz CT molecular complexity index is 1290. The van der Waals surface area contributed by atoms with E-state index in [0.29, 0.717) is 79.5 Å². The summed E-state index contributed by atoms with van der Waals surface area (Å²) in [5, 5.41) is 3.53. The topological polar surface area (TPSA) is 89.8 Å². The molecule has 1 aromatic carbocycles. The molecular weight excluding hydrogens is 532 g/mol. The Labute approximate surface area is 239 Å². The minimum Gasteiger partial charge on any atom is -0.383 e. The zero-order valence-corrected chi connectivity index (χ0v) is 23.6. The molecule has 2 saturated heterocycles. The second-order valence-corrected chi connectivity index (χ2v) is 11.1. The molecule has 0 bridgehead atoms. The number of methoxy groups -OCH3 is 1. The summed E-state index contributed by atoms with van der Waals surface area (Å²) in [5.74, 6) is 1.70. The molecule has 4 heterocycles. The molecule has 3 fully saturated rings. The van der Waals surface area contributed by atoms with Crippen molar-refractivity contribution >= 4 is 22.8 Å². The monoisotopic (exact) mass is 571 g/mol. The first-order valence-electron chi connectivity index (χ1n) is 14.6. The number of imidazole rings is 1. The van der Waals surface area contributed by atoms with Gasteiger partial charge in [0.25, 0.3) is 6.43 Å². The average Bonchev–Trinajstić information content (AvgIpc) is 3.41. The fourth-order valence-electron chi connectivity index (χ4n) is 6.38. The van der Waals surface area contributed by atoms with Gasteiger partial charge in [0.15, 0.2) is 5.82 Å². The minimum absolute atomic E-state index is 0.322. The molecule has 2 aromatic heterocycles. The molecule has 1 atom stereocenters. The molecule has 2 aliphatic heterocycles. The third kappa shape index (κ3) is 6.30. The second-order valence-electron chi connectivity index (χ2n) is 11.1. The summed E-state index contributed by atoms with van der Waals surface area (Å²) in [6, 6.07) is 9.79. The van der Waals surface area contributed by atoms with Gasteiger partial charge in [0, 0.05) is 45.4 Å². The Morgan fingerprint density at radius 2 is 1.78 bits per heavy atom. The normalized spacial score (nSPS) is 24.3. The van der Waals surface area contributed by atoms with Crippen molar-refractivity contribution in [2.75, 3.05) is 76.5 Å². The van der Waals surface area contributed by atoms with Crippen molar-refractivity contribution < 1.29 is 23.0 Å². The van der Waals surface area contributed by atoms with Gasteiger partial charge in [0.1, 0.15) is 11.6 Å². The number of halogens is 2. The molecule has 3 aromatic rings. The molecule has 3 aliphatic rings. The van der Waals surface area contributed by atoms with E-state index in [1.807, 2.05) is 11.0 Å². The van der Waals surface area contributed by atoms with Crippen molar-refractivity contribution in [3.63, 3.8) is 0 Å². The number of hydrogen-bond donors (Lipinski definition) is 1. The van der Waals surface area contributed by atoms with Gasteiger partial charge in [-0.25, -0.2) is 13.8 Å². The number of nitrogens with zero attached hydrogens (tertiary/aromatic N) is 6. The van der Waals surface area contributed by atoms with Crippen LogP contribution in [0.25, 0.3) is 16.9 Å². The average molecular weight is 572 g/mol. The Balaban J connectivity index is 1.20. The molecule has 0 spiro atoms. The van der Waals surface area contributed by atoms with Crippen LogP contribution in [0.4, 0.5) is 20.5 Å². The summed E-state index contributed by atoms with van der Waals surface area (Å²) in [6.07, 6.45) is 1.76. The third-order valence-corrected chi connectivity index (χ3v) is 8.50. The van der Waals surface area contributed by atoms with Crippen LogP contribution in [0, 0.1) is 5.92 Å². The fourth-order valence-corrected chi connectivity index (χ4v) is 6.38. The number of alkyl halides is 2. The summed E-state index contributed by atoms with van der Waals surface area (Å²) < 4.78 is 46.4. The van der Waals surface area contributed by atoms with E-state index >= 15 is 0 Å². The van der Waals surface area contributed by atoms with Gasteiger partial charge in [0.05, 0.1) is 50.1 Å². The molecular formula is C29H39F2N7O3. The van der Waals surface area contributed by atoms with Crippen molar-refractivity contribution in [3.8, 4) is 5.82 Å². The largest absolute Gasteiger partial charge is 0.383 e. The first-order valence-corrected chi connectivity index (χ1v) is 14.6. The quantitative estimate of drug-likeness (QED) is 0.411. The fraction of sp³-hybridized carbons (Fsp3) is 0.621. The van der Waals surface area contributed by atoms with Crippen LogP contribution in [-0.2, 0) is 14.2 Å². The molecule has 41 heavy (non-hydrogen) atoms. The predicted molar refractivity (Wildman–Crippen MR) is 152 cm³/mol. The zero-order chi connectivity index (χ0) is 28.2. The summed E-state index contributed by atoms with van der Waals surface area (Å²) in [5.41, 5.74) is 1.10. The number of aromatic nitrogens is 4. The predicted octanol–water partition coefficient (Wildman–Crippen LogP) is 3.91. The van der Waals surface area contributed by atoms with Gasteiger partial charge >= 0.3 is 0 Å². The summed E-state index contributed by atoms with van der Waals surface area (Å²) >= 11 is 0. The van der Waals surface area contributed by atoms with Gasteiger partial charge in [-0.1, -0.05) is 12.1 Å². The number of rotatable bonds is 9. The van der Waals surface area contributed by atoms with E-state index in [1.54, 1.807) is 31.4 Å². The van der Waals surface area contributed by atoms with E-state index in [2.05, 4.69) is 15.2 Å². The van der Waals surface area contributed by atoms with Gasteiger partial charge in [-0.2, -0.15) is 9.97 Å². The van der Waals surface area contributed by atoms with Gasteiger partial charge < -0.3 is 24.4 Å². The SMILES string of the molecule is COC[C@@H]1COCCN1C1CCC(CNc2cc(-n3c(C(F)F)nc4ccccc43)nc(N3CCOCC3)n2)CC1. The lowest BCUT2D eigenvalue weighted by molar-refractivity contribution is -0.0614. The van der Waals surface area contributed by atoms with E-state index in [-0.39, 0.29) is 5.82 Å². The molecule has 12 heteroatoms. The molecule has 1 saturated carbocycles. The van der Waals surface area contributed by atoms with Gasteiger partial charge in [-0.05, 0) is 43.7 Å². The Kier molecular flexibility index (Phi) is 8.90. The maximum atomic E-state index is 14.1. The van der Waals surface area contributed by atoms with Crippen molar-refractivity contribution in [1.82, 2.24) is 24.4 Å². The number of benzene rings is 1. The number of para-hydroxylation sites is 2. The molecule has 222 valence electrons. The van der Waals surface area contributed by atoms with Crippen LogP contribution in [0.2, 0.25) is 0 Å². The van der Waals surface area contributed by atoms with Crippen molar-refractivity contribution in [2.24, 2.45) is 5.92 Å². The summed E-state index contributed by atoms with van der Waals surface area (Å²) in [7, 11) is 1.75. The lowest BCUT2D eigenvalue weighted by atomic mass is 9.84. The van der Waals surface area contributed by atoms with Crippen LogP contribution in [0.5, 0.6) is 0 Å². The number of nitrogens with one attached hydrogen (secondary N) is 1. The third-order valence-electron chi connectivity index (χ3n) is 8.50. The Morgan fingerprint density at radius 1 is 1.00 bits per heavy atom. The maximum absolute atomic E-state index is 14.1. The number of morpholine rings is 2. The van der Waals surface area contributed by atoms with E-state index in [1.165, 1.54) is 4.57 Å². The van der Waals surface area contributed by atoms with Crippen molar-refractivity contribution in [1.29, 1.82) is 0 Å². The second kappa shape index (κ2) is 12.9. The highest BCUT2D eigenvalue weighted by molar-refractivity contribution is 5.78. The number of hydrogen-bond acceptors (Lipinski definition) is 9. The smallest absolute Gasteiger partial charge is 0.296 e. The lowest BCUT2D eigenvalue weighted by Gasteiger charge is -2.43. The molecule has 0 amide bonds. The van der Waals surface area contributed by atoms with E-state index in [0.717, 1.165) is 52.0 Å². The van der Waals surface area contributed by atoms with Crippen molar-refractivity contribution in [2.45, 2.75) is 44.2 Å². The highest BCUT2D eigenvalue weighted by Crippen LogP contribution is 2.32. The molecule has 10 nitrogen and oxygen atoms in total. The number of anilines is 2. The van der Waals surface area contributed by atoms with Crippen LogP contribution in [0.15, 0.2) is 30.3 Å². The molecule has 1 N–H and O–H groups in total. The van der Waals surface area contributed by atoms with Crippen LogP contribution in [-0.4, -0.2) is 103 Å². The van der Waals surface area contributed by atoms with E-state index in [9.17, 15) is 8.78 Å². The van der Waals surface area contributed by atoms with Crippen molar-refractivity contribution in [3.05, 3.63) is 36.2 Å². The van der Waals surface area contributed by atoms with Gasteiger partial charge in [0.2, 0.25) is 5.95 Å². The molecule has 1 aliphatic carbocycles. The summed E-state index contributed by atoms with van der Waals surface area (Å²) in [4.78, 5) is 18.4. The van der Waals surface area contributed by atoms with Gasteiger partial charge in [-0.15, -0.1) is 0 Å². The number of fused-ring (bicyclic) bond motifs is 1. The standard InChI is InChI=1S/C29H39F2N7O3/c1-39-18-22-19-41-15-12-37(22)21-8-6-20(7-9-21)17-32-25-16-26(35-29(34-25)36-10-13-40-14-11-36)38-24-5-3-2-4-23(24)33-28(38)27(30)31/h2-5,16,20-22,27H,6-15,17-19H2,1H3,(H,32,34,35)/t20?,21?,22-/m1/s1. The van der Waals surface area contributed by atoms with Crippen LogP contribution in [0.1, 0.15) is 37.9 Å². The first-order chi connectivity index (χ1) is 20.1. The van der Waals surface area contributed by atoms with Crippen LogP contribution in [0.3, 0.4) is 0 Å². The highest BCUT2D eigenvalue weighted by atomic mass is 19.3. The Hall–Kier alpha value is -2.93. The Morgan fingerprint density at radius 3 is 2.56 bits per heavy atom. The minimum atomic E-state index is -2.74. The maximum Gasteiger partial charge on any atom is 0.296 e. The zero-order valence-electron chi connectivity index (χ0n) is 23.6. The first kappa shape index (κ1) is 28.2. The van der Waals surface area contributed by atoms with E-state index in [4.69, 9.17) is 24.2 Å². The lowest BCUT2D eigenvalue weighted by Crippen LogP contribution is -2.53. The van der Waals surface area contributed by atoms with E-state index < -0.39 is 6.43 Å². The molecule has 0 unspecified atom stereocenters. The summed E-state index contributed by atoms with van der Waals surface area (Å²) in [6.45, 7) is 6.37. The van der Waals surface area contributed by atoms with Crippen LogP contribution < -0.4 is 10.2 Å². The number of ether oxygens (including phenoxy) is 3. The molecule has 6 rings (SSSR count). The molecule has 0 radical (unpaired) electrons. The van der Waals surface area contributed by atoms with Gasteiger partial charge in [-0.3, -0.25) is 9.47 Å².